The molecule has 0 aliphatic carbocycles. The van der Waals surface area contributed by atoms with E-state index < -0.39 is 0 Å². The number of nitrogens with zero attached hydrogens (tertiary/aromatic N) is 1. The van der Waals surface area contributed by atoms with Gasteiger partial charge in [-0.2, -0.15) is 0 Å². The summed E-state index contributed by atoms with van der Waals surface area (Å²) in [6, 6.07) is 15.0. The molecule has 30 heavy (non-hydrogen) atoms. The average molecular weight is 458 g/mol. The minimum Gasteiger partial charge on any atom is -0.493 e. The van der Waals surface area contributed by atoms with Gasteiger partial charge < -0.3 is 25.4 Å². The third-order valence-electron chi connectivity index (χ3n) is 4.63. The van der Waals surface area contributed by atoms with Gasteiger partial charge in [0.15, 0.2) is 11.5 Å². The van der Waals surface area contributed by atoms with Gasteiger partial charge >= 0.3 is 0 Å². The maximum atomic E-state index is 12.5. The van der Waals surface area contributed by atoms with Crippen molar-refractivity contribution in [2.45, 2.75) is 19.5 Å². The fourth-order valence-electron chi connectivity index (χ4n) is 2.76. The lowest BCUT2D eigenvalue weighted by molar-refractivity contribution is -0.125. The molecule has 0 radical (unpaired) electrons. The van der Waals surface area contributed by atoms with Gasteiger partial charge in [0.2, 0.25) is 5.91 Å². The van der Waals surface area contributed by atoms with Crippen LogP contribution in [0.5, 0.6) is 11.5 Å². The maximum Gasteiger partial charge on any atom is 0.225 e. The van der Waals surface area contributed by atoms with Gasteiger partial charge in [-0.25, -0.2) is 0 Å². The zero-order chi connectivity index (χ0) is 20.5. The van der Waals surface area contributed by atoms with Gasteiger partial charge in [-0.3, -0.25) is 4.79 Å². The summed E-state index contributed by atoms with van der Waals surface area (Å²) in [5, 5.41) is 2.96. The van der Waals surface area contributed by atoms with Crippen molar-refractivity contribution in [3.63, 3.8) is 0 Å². The topological polar surface area (TPSA) is 76.8 Å². The number of carbonyl (C=O) groups is 1. The van der Waals surface area contributed by atoms with Crippen LogP contribution in [-0.4, -0.2) is 45.2 Å². The van der Waals surface area contributed by atoms with Crippen molar-refractivity contribution in [1.82, 2.24) is 10.2 Å². The average Bonchev–Trinajstić information content (AvgIpc) is 2.71. The Bertz CT molecular complexity index is 761. The highest BCUT2D eigenvalue weighted by Crippen LogP contribution is 2.28. The van der Waals surface area contributed by atoms with Crippen molar-refractivity contribution >= 4 is 30.7 Å². The number of halogens is 2. The molecule has 1 amide bonds. The Kier molecular flexibility index (Phi) is 13.2. The Morgan fingerprint density at radius 3 is 2.37 bits per heavy atom. The molecule has 0 aromatic heterocycles. The number of ether oxygens (including phenoxy) is 2. The van der Waals surface area contributed by atoms with E-state index >= 15 is 0 Å². The van der Waals surface area contributed by atoms with E-state index in [4.69, 9.17) is 15.2 Å². The molecule has 0 heterocycles. The van der Waals surface area contributed by atoms with Crippen LogP contribution < -0.4 is 20.5 Å². The Morgan fingerprint density at radius 2 is 1.77 bits per heavy atom. The standard InChI is InChI=1S/C22H31N3O3.2ClH/c1-16(21(23)18-8-6-5-7-9-18)22(26)24-15-17-10-11-19(20(14-17)27-4)28-13-12-25(2)3;;/h5-11,14,16,21H,12-13,15,23H2,1-4H3,(H,24,26);2*1H. The summed E-state index contributed by atoms with van der Waals surface area (Å²) in [7, 11) is 5.60. The molecular weight excluding hydrogens is 425 g/mol. The second-order valence-corrected chi connectivity index (χ2v) is 7.08. The van der Waals surface area contributed by atoms with Crippen LogP contribution >= 0.6 is 24.8 Å². The number of rotatable bonds is 10. The van der Waals surface area contributed by atoms with Crippen LogP contribution in [0.2, 0.25) is 0 Å². The van der Waals surface area contributed by atoms with Crippen molar-refractivity contribution in [3.05, 3.63) is 59.7 Å². The van der Waals surface area contributed by atoms with Crippen molar-refractivity contribution in [2.24, 2.45) is 11.7 Å². The zero-order valence-electron chi connectivity index (χ0n) is 18.0. The zero-order valence-corrected chi connectivity index (χ0v) is 19.6. The molecule has 6 nitrogen and oxygen atoms in total. The third kappa shape index (κ3) is 8.40. The van der Waals surface area contributed by atoms with E-state index in [9.17, 15) is 4.79 Å². The SMILES string of the molecule is COc1cc(CNC(=O)C(C)C(N)c2ccccc2)ccc1OCCN(C)C.Cl.Cl. The van der Waals surface area contributed by atoms with Gasteiger partial charge in [0, 0.05) is 19.1 Å². The Hall–Kier alpha value is -1.99. The molecule has 0 fully saturated rings. The molecule has 2 aromatic carbocycles. The number of amides is 1. The van der Waals surface area contributed by atoms with Crippen molar-refractivity contribution in [2.75, 3.05) is 34.4 Å². The largest absolute Gasteiger partial charge is 0.493 e. The first-order chi connectivity index (χ1) is 13.4. The Morgan fingerprint density at radius 1 is 1.10 bits per heavy atom. The Labute approximate surface area is 191 Å². The highest BCUT2D eigenvalue weighted by atomic mass is 35.5. The van der Waals surface area contributed by atoms with E-state index in [0.29, 0.717) is 24.7 Å². The molecule has 0 saturated heterocycles. The summed E-state index contributed by atoms with van der Waals surface area (Å²) in [5.41, 5.74) is 8.13. The van der Waals surface area contributed by atoms with Gasteiger partial charge in [-0.15, -0.1) is 24.8 Å². The van der Waals surface area contributed by atoms with E-state index in [2.05, 4.69) is 10.2 Å². The molecule has 3 N–H and O–H groups in total. The summed E-state index contributed by atoms with van der Waals surface area (Å²) < 4.78 is 11.2. The van der Waals surface area contributed by atoms with Gasteiger partial charge in [0.1, 0.15) is 6.61 Å². The normalized spacial score (nSPS) is 12.2. The van der Waals surface area contributed by atoms with Crippen molar-refractivity contribution in [3.8, 4) is 11.5 Å². The molecule has 2 unspecified atom stereocenters. The molecule has 2 aromatic rings. The first-order valence-electron chi connectivity index (χ1n) is 9.45. The second kappa shape index (κ2) is 14.1. The molecule has 2 atom stereocenters. The number of methoxy groups -OCH3 is 1. The van der Waals surface area contributed by atoms with Gasteiger partial charge in [-0.05, 0) is 37.4 Å². The van der Waals surface area contributed by atoms with Crippen LogP contribution in [0.25, 0.3) is 0 Å². The molecule has 8 heteroatoms. The first-order valence-corrected chi connectivity index (χ1v) is 9.45. The minimum absolute atomic E-state index is 0. The molecule has 0 bridgehead atoms. The van der Waals surface area contributed by atoms with Crippen LogP contribution in [0.15, 0.2) is 48.5 Å². The lowest BCUT2D eigenvalue weighted by atomic mass is 9.94. The molecular formula is C22H33Cl2N3O3. The van der Waals surface area contributed by atoms with Gasteiger partial charge in [-0.1, -0.05) is 43.3 Å². The second-order valence-electron chi connectivity index (χ2n) is 7.08. The highest BCUT2D eigenvalue weighted by molar-refractivity contribution is 5.85. The van der Waals surface area contributed by atoms with E-state index in [0.717, 1.165) is 17.7 Å². The van der Waals surface area contributed by atoms with Crippen LogP contribution in [-0.2, 0) is 11.3 Å². The lowest BCUT2D eigenvalue weighted by Crippen LogP contribution is -2.35. The van der Waals surface area contributed by atoms with Gasteiger partial charge in [0.05, 0.1) is 13.0 Å². The highest BCUT2D eigenvalue weighted by Gasteiger charge is 2.21. The van der Waals surface area contributed by atoms with E-state index in [-0.39, 0.29) is 42.7 Å². The summed E-state index contributed by atoms with van der Waals surface area (Å²) in [5.74, 6) is 0.929. The van der Waals surface area contributed by atoms with Crippen LogP contribution in [0, 0.1) is 5.92 Å². The molecule has 168 valence electrons. The van der Waals surface area contributed by atoms with E-state index in [1.54, 1.807) is 7.11 Å². The molecule has 0 aliphatic rings. The van der Waals surface area contributed by atoms with E-state index in [1.807, 2.05) is 69.6 Å². The fraction of sp³-hybridized carbons (Fsp3) is 0.409. The van der Waals surface area contributed by atoms with Gasteiger partial charge in [0.25, 0.3) is 0 Å². The molecule has 0 saturated carbocycles. The maximum absolute atomic E-state index is 12.5. The minimum atomic E-state index is -0.344. The predicted molar refractivity (Wildman–Crippen MR) is 126 cm³/mol. The predicted octanol–water partition coefficient (Wildman–Crippen LogP) is 3.43. The quantitative estimate of drug-likeness (QED) is 0.571. The first kappa shape index (κ1) is 28.0. The summed E-state index contributed by atoms with van der Waals surface area (Å²) in [6.07, 6.45) is 0. The number of carbonyl (C=O) groups excluding carboxylic acids is 1. The van der Waals surface area contributed by atoms with Crippen LogP contribution in [0.3, 0.4) is 0 Å². The summed E-state index contributed by atoms with van der Waals surface area (Å²) >= 11 is 0. The summed E-state index contributed by atoms with van der Waals surface area (Å²) in [4.78, 5) is 14.6. The monoisotopic (exact) mass is 457 g/mol. The fourth-order valence-corrected chi connectivity index (χ4v) is 2.76. The van der Waals surface area contributed by atoms with Crippen LogP contribution in [0.4, 0.5) is 0 Å². The number of nitrogens with two attached hydrogens (primary N) is 1. The van der Waals surface area contributed by atoms with E-state index in [1.165, 1.54) is 0 Å². The van der Waals surface area contributed by atoms with Crippen molar-refractivity contribution in [1.29, 1.82) is 0 Å². The summed E-state index contributed by atoms with van der Waals surface area (Å²) in [6.45, 7) is 3.64. The smallest absolute Gasteiger partial charge is 0.225 e. The molecule has 2 rings (SSSR count). The van der Waals surface area contributed by atoms with Crippen LogP contribution in [0.1, 0.15) is 24.1 Å². The number of likely N-dealkylation sites (N-methyl/N-ethyl adjacent to an activating group) is 1. The lowest BCUT2D eigenvalue weighted by Gasteiger charge is -2.20. The number of hydrogen-bond acceptors (Lipinski definition) is 5. The number of nitrogens with one attached hydrogen (secondary N) is 1. The Balaban J connectivity index is 0.00000420. The number of hydrogen-bond donors (Lipinski definition) is 2. The van der Waals surface area contributed by atoms with Crippen molar-refractivity contribution < 1.29 is 14.3 Å². The number of benzene rings is 2. The molecule has 0 aliphatic heterocycles. The third-order valence-corrected chi connectivity index (χ3v) is 4.63. The molecule has 0 spiro atoms.